The normalized spacial score (nSPS) is 12.3. The van der Waals surface area contributed by atoms with Gasteiger partial charge in [-0.3, -0.25) is 9.48 Å². The molecule has 1 N–H and O–H groups in total. The molecule has 1 atom stereocenters. The molecule has 0 aliphatic rings. The Morgan fingerprint density at radius 2 is 2.25 bits per heavy atom. The van der Waals surface area contributed by atoms with Gasteiger partial charge in [-0.25, -0.2) is 9.67 Å². The van der Waals surface area contributed by atoms with Crippen molar-refractivity contribution < 1.29 is 4.79 Å². The van der Waals surface area contributed by atoms with Gasteiger partial charge in [0.15, 0.2) is 0 Å². The molecule has 0 aliphatic carbocycles. The number of hydrogen-bond acceptors (Lipinski definition) is 4. The maximum atomic E-state index is 12.0. The van der Waals surface area contributed by atoms with Crippen LogP contribution in [0.1, 0.15) is 38.6 Å². The highest BCUT2D eigenvalue weighted by atomic mass is 16.1. The van der Waals surface area contributed by atoms with E-state index in [4.69, 9.17) is 0 Å². The quantitative estimate of drug-likeness (QED) is 0.823. The first-order valence-electron chi connectivity index (χ1n) is 6.89. The second kappa shape index (κ2) is 6.83. The lowest BCUT2D eigenvalue weighted by atomic mass is 10.2. The van der Waals surface area contributed by atoms with Gasteiger partial charge in [-0.2, -0.15) is 10.2 Å². The van der Waals surface area contributed by atoms with Crippen molar-refractivity contribution in [3.05, 3.63) is 30.6 Å². The number of nitrogens with zero attached hydrogens (tertiary/aromatic N) is 5. The van der Waals surface area contributed by atoms with Crippen LogP contribution in [0.5, 0.6) is 0 Å². The number of amides is 1. The lowest BCUT2D eigenvalue weighted by molar-refractivity contribution is -0.122. The van der Waals surface area contributed by atoms with Crippen molar-refractivity contribution in [1.82, 2.24) is 29.9 Å². The minimum Gasteiger partial charge on any atom is -0.346 e. The van der Waals surface area contributed by atoms with Crippen molar-refractivity contribution in [3.8, 4) is 0 Å². The molecule has 1 amide bonds. The van der Waals surface area contributed by atoms with Crippen LogP contribution in [0.25, 0.3) is 0 Å². The Labute approximate surface area is 118 Å². The van der Waals surface area contributed by atoms with Crippen molar-refractivity contribution in [2.75, 3.05) is 0 Å². The average molecular weight is 276 g/mol. The fourth-order valence-corrected chi connectivity index (χ4v) is 2.05. The molecule has 0 aliphatic heterocycles. The van der Waals surface area contributed by atoms with Crippen LogP contribution < -0.4 is 5.32 Å². The molecule has 2 aromatic rings. The molecule has 0 fully saturated rings. The minimum atomic E-state index is -0.0948. The summed E-state index contributed by atoms with van der Waals surface area (Å²) in [4.78, 5) is 16.2. The van der Waals surface area contributed by atoms with Gasteiger partial charge in [0.25, 0.3) is 0 Å². The van der Waals surface area contributed by atoms with Gasteiger partial charge in [-0.15, -0.1) is 0 Å². The van der Waals surface area contributed by atoms with Crippen LogP contribution >= 0.6 is 0 Å². The van der Waals surface area contributed by atoms with Gasteiger partial charge in [0.2, 0.25) is 5.91 Å². The van der Waals surface area contributed by atoms with Crippen LogP contribution in [0, 0.1) is 0 Å². The molecule has 0 saturated carbocycles. The molecule has 108 valence electrons. The van der Waals surface area contributed by atoms with Crippen molar-refractivity contribution in [2.24, 2.45) is 0 Å². The zero-order chi connectivity index (χ0) is 14.4. The minimum absolute atomic E-state index is 0.00185. The number of hydrogen-bond donors (Lipinski definition) is 1. The summed E-state index contributed by atoms with van der Waals surface area (Å²) in [6, 6.07) is 1.75. The van der Waals surface area contributed by atoms with Crippen LogP contribution in [0.15, 0.2) is 24.8 Å². The van der Waals surface area contributed by atoms with E-state index in [0.29, 0.717) is 13.0 Å². The summed E-state index contributed by atoms with van der Waals surface area (Å²) in [6.07, 6.45) is 6.26. The van der Waals surface area contributed by atoms with E-state index >= 15 is 0 Å². The van der Waals surface area contributed by atoms with Gasteiger partial charge in [0, 0.05) is 31.9 Å². The second-order valence-electron chi connectivity index (χ2n) is 4.48. The molecule has 2 aromatic heterocycles. The van der Waals surface area contributed by atoms with E-state index in [0.717, 1.165) is 18.8 Å². The first kappa shape index (κ1) is 14.2. The Kier molecular flexibility index (Phi) is 4.86. The molecular weight excluding hydrogens is 256 g/mol. The van der Waals surface area contributed by atoms with E-state index in [1.165, 1.54) is 6.33 Å². The van der Waals surface area contributed by atoms with Crippen molar-refractivity contribution >= 4 is 5.91 Å². The summed E-state index contributed by atoms with van der Waals surface area (Å²) < 4.78 is 3.55. The first-order chi connectivity index (χ1) is 9.74. The van der Waals surface area contributed by atoms with Crippen molar-refractivity contribution in [3.63, 3.8) is 0 Å². The van der Waals surface area contributed by atoms with Gasteiger partial charge in [-0.05, 0) is 19.4 Å². The average Bonchev–Trinajstić information content (AvgIpc) is 3.13. The molecule has 2 heterocycles. The fourth-order valence-electron chi connectivity index (χ4n) is 2.05. The largest absolute Gasteiger partial charge is 0.346 e. The highest BCUT2D eigenvalue weighted by Gasteiger charge is 2.17. The third kappa shape index (κ3) is 3.43. The van der Waals surface area contributed by atoms with E-state index in [-0.39, 0.29) is 11.9 Å². The van der Waals surface area contributed by atoms with E-state index in [2.05, 4.69) is 20.5 Å². The molecule has 0 saturated heterocycles. The van der Waals surface area contributed by atoms with Crippen LogP contribution in [-0.2, 0) is 17.9 Å². The third-order valence-corrected chi connectivity index (χ3v) is 3.13. The summed E-state index contributed by atoms with van der Waals surface area (Å²) in [5.41, 5.74) is 0. The maximum Gasteiger partial charge on any atom is 0.222 e. The highest BCUT2D eigenvalue weighted by Crippen LogP contribution is 2.13. The Morgan fingerprint density at radius 3 is 2.90 bits per heavy atom. The Bertz CT molecular complexity index is 533. The lowest BCUT2D eigenvalue weighted by Crippen LogP contribution is -2.31. The number of carbonyl (C=O) groups excluding carboxylic acids is 1. The predicted molar refractivity (Wildman–Crippen MR) is 73.7 cm³/mol. The molecule has 2 rings (SSSR count). The molecule has 0 bridgehead atoms. The van der Waals surface area contributed by atoms with Crippen molar-refractivity contribution in [1.29, 1.82) is 0 Å². The Hall–Kier alpha value is -2.18. The molecule has 0 radical (unpaired) electrons. The molecular formula is C13H20N6O. The molecule has 7 nitrogen and oxygen atoms in total. The number of nitrogens with one attached hydrogen (secondary N) is 1. The molecule has 0 aromatic carbocycles. The molecule has 20 heavy (non-hydrogen) atoms. The number of rotatable bonds is 7. The predicted octanol–water partition coefficient (Wildman–Crippen LogP) is 1.15. The van der Waals surface area contributed by atoms with E-state index in [9.17, 15) is 4.79 Å². The van der Waals surface area contributed by atoms with Crippen LogP contribution in [0.4, 0.5) is 0 Å². The third-order valence-electron chi connectivity index (χ3n) is 3.13. The van der Waals surface area contributed by atoms with Crippen LogP contribution in [0.2, 0.25) is 0 Å². The topological polar surface area (TPSA) is 77.6 Å². The summed E-state index contributed by atoms with van der Waals surface area (Å²) >= 11 is 0. The fraction of sp³-hybridized carbons (Fsp3) is 0.538. The van der Waals surface area contributed by atoms with E-state index in [1.807, 2.05) is 30.8 Å². The summed E-state index contributed by atoms with van der Waals surface area (Å²) in [6.45, 7) is 5.35. The summed E-state index contributed by atoms with van der Waals surface area (Å²) in [7, 11) is 0. The zero-order valence-electron chi connectivity index (χ0n) is 11.9. The zero-order valence-corrected chi connectivity index (χ0v) is 11.9. The lowest BCUT2D eigenvalue weighted by Gasteiger charge is -2.16. The second-order valence-corrected chi connectivity index (χ2v) is 4.48. The molecule has 7 heteroatoms. The van der Waals surface area contributed by atoms with Crippen LogP contribution in [0.3, 0.4) is 0 Å². The summed E-state index contributed by atoms with van der Waals surface area (Å²) in [5, 5.41) is 11.2. The van der Waals surface area contributed by atoms with E-state index in [1.54, 1.807) is 10.9 Å². The van der Waals surface area contributed by atoms with Gasteiger partial charge in [0.1, 0.15) is 12.2 Å². The van der Waals surface area contributed by atoms with Crippen LogP contribution in [-0.4, -0.2) is 30.5 Å². The first-order valence-corrected chi connectivity index (χ1v) is 6.89. The van der Waals surface area contributed by atoms with Crippen molar-refractivity contribution in [2.45, 2.75) is 45.8 Å². The van der Waals surface area contributed by atoms with Gasteiger partial charge in [-0.1, -0.05) is 6.92 Å². The molecule has 1 unspecified atom stereocenters. The monoisotopic (exact) mass is 276 g/mol. The Morgan fingerprint density at radius 1 is 1.40 bits per heavy atom. The number of aryl methyl sites for hydroxylation is 2. The number of carbonyl (C=O) groups is 1. The highest BCUT2D eigenvalue weighted by molar-refractivity contribution is 5.76. The number of aromatic nitrogens is 5. The van der Waals surface area contributed by atoms with Gasteiger partial charge < -0.3 is 5.32 Å². The van der Waals surface area contributed by atoms with E-state index < -0.39 is 0 Å². The SMILES string of the molecule is CCC(NC(=O)CCn1cccn1)c1ncnn1CC. The smallest absolute Gasteiger partial charge is 0.222 e. The van der Waals surface area contributed by atoms with Gasteiger partial charge >= 0.3 is 0 Å². The maximum absolute atomic E-state index is 12.0. The summed E-state index contributed by atoms with van der Waals surface area (Å²) in [5.74, 6) is 0.806. The molecule has 0 spiro atoms. The standard InChI is InChI=1S/C13H20N6O/c1-3-11(13-14-10-16-19(13)4-2)17-12(20)6-9-18-8-5-7-15-18/h5,7-8,10-11H,3-4,6,9H2,1-2H3,(H,17,20). The Balaban J connectivity index is 1.91. The van der Waals surface area contributed by atoms with Gasteiger partial charge in [0.05, 0.1) is 6.04 Å².